The summed E-state index contributed by atoms with van der Waals surface area (Å²) >= 11 is 0. The van der Waals surface area contributed by atoms with Crippen LogP contribution in [0.25, 0.3) is 11.4 Å². The van der Waals surface area contributed by atoms with Gasteiger partial charge in [-0.2, -0.15) is 0 Å². The number of rotatable bonds is 8. The van der Waals surface area contributed by atoms with Crippen LogP contribution in [0, 0.1) is 17.8 Å². The fraction of sp³-hybridized carbons (Fsp3) is 0.568. The van der Waals surface area contributed by atoms with Gasteiger partial charge in [0.05, 0.1) is 12.3 Å². The van der Waals surface area contributed by atoms with Gasteiger partial charge in [-0.25, -0.2) is 9.97 Å². The number of nitrogens with one attached hydrogen (secondary N) is 2. The summed E-state index contributed by atoms with van der Waals surface area (Å²) in [4.78, 5) is 34.9. The van der Waals surface area contributed by atoms with Crippen LogP contribution in [-0.2, 0) is 4.74 Å². The highest BCUT2D eigenvalue weighted by molar-refractivity contribution is 5.97. The van der Waals surface area contributed by atoms with Crippen LogP contribution in [-0.4, -0.2) is 102 Å². The molecule has 0 bridgehead atoms. The Morgan fingerprint density at radius 2 is 1.69 bits per heavy atom. The molecule has 4 N–H and O–H groups in total. The number of aryl methyl sites for hydroxylation is 1. The van der Waals surface area contributed by atoms with Crippen molar-refractivity contribution < 1.29 is 9.53 Å². The van der Waals surface area contributed by atoms with Crippen molar-refractivity contribution in [3.8, 4) is 11.4 Å². The molecule has 6 heterocycles. The van der Waals surface area contributed by atoms with Gasteiger partial charge >= 0.3 is 0 Å². The monoisotopic (exact) mass is 651 g/mol. The molecule has 3 aromatic rings. The molecular formula is C37H49N9O2. The molecule has 2 aromatic heterocycles. The van der Waals surface area contributed by atoms with Crippen LogP contribution in [0.15, 0.2) is 42.6 Å². The second kappa shape index (κ2) is 12.6. The minimum atomic E-state index is -0.639. The van der Waals surface area contributed by atoms with Gasteiger partial charge in [0, 0.05) is 67.9 Å². The van der Waals surface area contributed by atoms with Gasteiger partial charge in [0.2, 0.25) is 0 Å². The molecule has 1 amide bonds. The van der Waals surface area contributed by atoms with E-state index in [0.717, 1.165) is 50.2 Å². The third-order valence-electron chi connectivity index (χ3n) is 11.8. The number of nitrogens with two attached hydrogens (primary N) is 1. The molecule has 48 heavy (non-hydrogen) atoms. The van der Waals surface area contributed by atoms with Gasteiger partial charge in [-0.15, -0.1) is 0 Å². The Balaban J connectivity index is 0.972. The van der Waals surface area contributed by atoms with Crippen LogP contribution >= 0.6 is 0 Å². The lowest BCUT2D eigenvalue weighted by Crippen LogP contribution is -2.63. The number of ether oxygens (including phenoxy) is 1. The van der Waals surface area contributed by atoms with Crippen LogP contribution in [0.2, 0.25) is 0 Å². The van der Waals surface area contributed by atoms with Crippen molar-refractivity contribution in [1.82, 2.24) is 24.8 Å². The molecule has 8 rings (SSSR count). The maximum Gasteiger partial charge on any atom is 0.271 e. The van der Waals surface area contributed by atoms with E-state index in [0.29, 0.717) is 41.1 Å². The number of hydrogen-bond acceptors (Lipinski definition) is 10. The zero-order valence-corrected chi connectivity index (χ0v) is 28.4. The third-order valence-corrected chi connectivity index (χ3v) is 11.8. The van der Waals surface area contributed by atoms with E-state index in [-0.39, 0.29) is 17.2 Å². The Labute approximate surface area is 283 Å². The van der Waals surface area contributed by atoms with Crippen LogP contribution in [0.4, 0.5) is 23.0 Å². The Bertz CT molecular complexity index is 1630. The predicted molar refractivity (Wildman–Crippen MR) is 189 cm³/mol. The number of hydrogen-bond donors (Lipinski definition) is 3. The highest BCUT2D eigenvalue weighted by Gasteiger charge is 2.51. The molecule has 1 unspecified atom stereocenters. The standard InChI is InChI=1S/C37H49N9O2/c1-25-4-3-16-39-30(25)31-34(41-29-11-21-48-24-37(29)12-13-37)43-35(32(42-31)33(38)47)40-26-5-7-27(8-6-26)45-17-9-28(10-18-45)46-22-36(23-46)14-19-44(2)20-15-36/h3-8,16,28-29H,9-15,17-24H2,1-2H3,(H2,38,47)(H2,40,41,43). The fourth-order valence-electron chi connectivity index (χ4n) is 8.48. The number of piperidine rings is 2. The molecule has 5 fully saturated rings. The normalized spacial score (nSPS) is 24.0. The Morgan fingerprint density at radius 3 is 2.38 bits per heavy atom. The highest BCUT2D eigenvalue weighted by atomic mass is 16.5. The van der Waals surface area contributed by atoms with E-state index in [4.69, 9.17) is 20.4 Å². The predicted octanol–water partition coefficient (Wildman–Crippen LogP) is 4.67. The topological polar surface area (TPSA) is 125 Å². The zero-order chi connectivity index (χ0) is 32.9. The maximum atomic E-state index is 12.8. The SMILES string of the molecule is Cc1cccnc1-c1nc(C(N)=O)c(Nc2ccc(N3CCC(N4CC5(CCN(C)CC5)C4)CC3)cc2)nc1NC1CCOCC12CC2. The number of pyridine rings is 1. The first-order chi connectivity index (χ1) is 23.3. The lowest BCUT2D eigenvalue weighted by molar-refractivity contribution is -0.0704. The summed E-state index contributed by atoms with van der Waals surface area (Å²) in [7, 11) is 2.25. The van der Waals surface area contributed by atoms with Gasteiger partial charge in [0.25, 0.3) is 5.91 Å². The van der Waals surface area contributed by atoms with Crippen molar-refractivity contribution in [2.75, 3.05) is 75.1 Å². The Kier molecular flexibility index (Phi) is 8.25. The van der Waals surface area contributed by atoms with E-state index in [1.165, 1.54) is 57.5 Å². The summed E-state index contributed by atoms with van der Waals surface area (Å²) in [6.45, 7) is 10.7. The lowest BCUT2D eigenvalue weighted by Gasteiger charge is -2.57. The number of aromatic nitrogens is 3. The quantitative estimate of drug-likeness (QED) is 0.317. The number of likely N-dealkylation sites (tertiary alicyclic amines) is 2. The molecule has 4 aliphatic heterocycles. The number of carbonyl (C=O) groups is 1. The number of nitrogens with zero attached hydrogens (tertiary/aromatic N) is 6. The van der Waals surface area contributed by atoms with Crippen LogP contribution in [0.5, 0.6) is 0 Å². The molecule has 4 saturated heterocycles. The average molecular weight is 652 g/mol. The summed E-state index contributed by atoms with van der Waals surface area (Å²) in [6, 6.07) is 13.2. The Hall–Kier alpha value is -3.80. The van der Waals surface area contributed by atoms with Crippen molar-refractivity contribution in [1.29, 1.82) is 0 Å². The number of benzene rings is 1. The number of carbonyl (C=O) groups excluding carboxylic acids is 1. The summed E-state index contributed by atoms with van der Waals surface area (Å²) in [5.74, 6) is 0.301. The van der Waals surface area contributed by atoms with Gasteiger partial charge in [-0.05, 0) is 113 Å². The van der Waals surface area contributed by atoms with Crippen molar-refractivity contribution in [3.63, 3.8) is 0 Å². The molecule has 1 saturated carbocycles. The summed E-state index contributed by atoms with van der Waals surface area (Å²) in [5, 5.41) is 7.08. The van der Waals surface area contributed by atoms with Crippen LogP contribution in [0.1, 0.15) is 61.0 Å². The summed E-state index contributed by atoms with van der Waals surface area (Å²) < 4.78 is 5.84. The molecule has 1 aliphatic carbocycles. The number of primary amides is 1. The van der Waals surface area contributed by atoms with Gasteiger partial charge in [0.1, 0.15) is 5.69 Å². The number of amides is 1. The van der Waals surface area contributed by atoms with Crippen molar-refractivity contribution >= 4 is 28.9 Å². The maximum absolute atomic E-state index is 12.8. The minimum absolute atomic E-state index is 0.0906. The fourth-order valence-corrected chi connectivity index (χ4v) is 8.48. The molecule has 11 nitrogen and oxygen atoms in total. The molecule has 0 radical (unpaired) electrons. The van der Waals surface area contributed by atoms with Gasteiger partial charge in [-0.1, -0.05) is 6.07 Å². The van der Waals surface area contributed by atoms with Crippen molar-refractivity contribution in [2.24, 2.45) is 16.6 Å². The molecular weight excluding hydrogens is 602 g/mol. The van der Waals surface area contributed by atoms with E-state index in [1.54, 1.807) is 6.20 Å². The highest BCUT2D eigenvalue weighted by Crippen LogP contribution is 2.53. The Morgan fingerprint density at radius 1 is 0.938 bits per heavy atom. The van der Waals surface area contributed by atoms with Gasteiger partial charge in [-0.3, -0.25) is 14.7 Å². The molecule has 1 atom stereocenters. The second-order valence-corrected chi connectivity index (χ2v) is 15.2. The third kappa shape index (κ3) is 6.12. The van der Waals surface area contributed by atoms with Gasteiger partial charge in [0.15, 0.2) is 17.3 Å². The van der Waals surface area contributed by atoms with E-state index in [1.807, 2.05) is 19.1 Å². The number of anilines is 4. The van der Waals surface area contributed by atoms with E-state index >= 15 is 0 Å². The summed E-state index contributed by atoms with van der Waals surface area (Å²) in [5.41, 5.74) is 10.9. The second-order valence-electron chi connectivity index (χ2n) is 15.2. The first-order valence-electron chi connectivity index (χ1n) is 17.8. The first-order valence-corrected chi connectivity index (χ1v) is 17.8. The molecule has 1 aromatic carbocycles. The average Bonchev–Trinajstić information content (AvgIpc) is 3.86. The van der Waals surface area contributed by atoms with Gasteiger partial charge < -0.3 is 30.9 Å². The van der Waals surface area contributed by atoms with Crippen molar-refractivity contribution in [3.05, 3.63) is 53.9 Å². The first kappa shape index (κ1) is 31.5. The van der Waals surface area contributed by atoms with E-state index < -0.39 is 5.91 Å². The molecule has 11 heteroatoms. The summed E-state index contributed by atoms with van der Waals surface area (Å²) in [6.07, 6.45) is 10.0. The van der Waals surface area contributed by atoms with E-state index in [2.05, 4.69) is 61.6 Å². The van der Waals surface area contributed by atoms with Crippen LogP contribution < -0.4 is 21.3 Å². The minimum Gasteiger partial charge on any atom is -0.381 e. The van der Waals surface area contributed by atoms with Crippen LogP contribution in [0.3, 0.4) is 0 Å². The zero-order valence-electron chi connectivity index (χ0n) is 28.4. The molecule has 5 aliphatic rings. The molecule has 254 valence electrons. The smallest absolute Gasteiger partial charge is 0.271 e. The lowest BCUT2D eigenvalue weighted by atomic mass is 9.71. The largest absolute Gasteiger partial charge is 0.381 e. The van der Waals surface area contributed by atoms with E-state index in [9.17, 15) is 4.79 Å². The van der Waals surface area contributed by atoms with Crippen molar-refractivity contribution in [2.45, 2.75) is 64.0 Å². The molecule has 2 spiro atoms.